The molecule has 7 nitrogen and oxygen atoms in total. The number of nitrogens with two attached hydrogens (primary N) is 1. The fourth-order valence-electron chi connectivity index (χ4n) is 3.12. The van der Waals surface area contributed by atoms with Crippen molar-refractivity contribution in [1.29, 1.82) is 0 Å². The summed E-state index contributed by atoms with van der Waals surface area (Å²) < 4.78 is 15.5. The van der Waals surface area contributed by atoms with Gasteiger partial charge in [0.25, 0.3) is 0 Å². The van der Waals surface area contributed by atoms with Crippen LogP contribution in [0.3, 0.4) is 0 Å². The maximum absolute atomic E-state index is 13.8. The number of carbonyl (C=O) groups excluding carboxylic acids is 1. The number of halogens is 1. The van der Waals surface area contributed by atoms with E-state index >= 15 is 0 Å². The predicted molar refractivity (Wildman–Crippen MR) is 109 cm³/mol. The van der Waals surface area contributed by atoms with Gasteiger partial charge in [-0.25, -0.2) is 18.9 Å². The van der Waals surface area contributed by atoms with Gasteiger partial charge in [-0.2, -0.15) is 5.10 Å². The summed E-state index contributed by atoms with van der Waals surface area (Å²) >= 11 is 0. The molecule has 0 spiro atoms. The lowest BCUT2D eigenvalue weighted by Gasteiger charge is -2.08. The molecule has 1 aromatic carbocycles. The topological polar surface area (TPSA) is 98.2 Å². The Bertz CT molecular complexity index is 1200. The van der Waals surface area contributed by atoms with Gasteiger partial charge in [-0.1, -0.05) is 0 Å². The molecule has 29 heavy (non-hydrogen) atoms. The number of anilines is 1. The molecule has 0 aliphatic heterocycles. The van der Waals surface area contributed by atoms with Crippen molar-refractivity contribution in [3.8, 4) is 22.5 Å². The van der Waals surface area contributed by atoms with Crippen molar-refractivity contribution in [3.05, 3.63) is 66.2 Å². The van der Waals surface area contributed by atoms with Gasteiger partial charge in [-0.15, -0.1) is 0 Å². The zero-order valence-corrected chi connectivity index (χ0v) is 15.8. The molecular weight excluding hydrogens is 371 g/mol. The van der Waals surface area contributed by atoms with Crippen LogP contribution in [0.2, 0.25) is 0 Å². The highest BCUT2D eigenvalue weighted by molar-refractivity contribution is 5.91. The summed E-state index contributed by atoms with van der Waals surface area (Å²) in [6.45, 7) is 1.97. The third-order valence-electron chi connectivity index (χ3n) is 4.50. The largest absolute Gasteiger partial charge is 0.330 e. The van der Waals surface area contributed by atoms with Gasteiger partial charge in [0.15, 0.2) is 5.65 Å². The van der Waals surface area contributed by atoms with Gasteiger partial charge in [0.2, 0.25) is 5.91 Å². The Morgan fingerprint density at radius 2 is 2.03 bits per heavy atom. The zero-order valence-electron chi connectivity index (χ0n) is 15.8. The van der Waals surface area contributed by atoms with Crippen LogP contribution in [0.5, 0.6) is 0 Å². The normalized spacial score (nSPS) is 11.0. The van der Waals surface area contributed by atoms with E-state index in [4.69, 9.17) is 10.7 Å². The zero-order chi connectivity index (χ0) is 20.4. The van der Waals surface area contributed by atoms with Crippen molar-refractivity contribution < 1.29 is 9.18 Å². The average molecular weight is 390 g/mol. The average Bonchev–Trinajstić information content (AvgIpc) is 3.10. The summed E-state index contributed by atoms with van der Waals surface area (Å²) in [6.07, 6.45) is 3.49. The highest BCUT2D eigenvalue weighted by Crippen LogP contribution is 2.33. The molecule has 0 bridgehead atoms. The van der Waals surface area contributed by atoms with E-state index in [0.29, 0.717) is 22.7 Å². The highest BCUT2D eigenvalue weighted by Gasteiger charge is 2.18. The lowest BCUT2D eigenvalue weighted by molar-refractivity contribution is -0.116. The molecule has 0 aliphatic carbocycles. The number of imidazole rings is 1. The number of aryl methyl sites for hydroxylation is 1. The highest BCUT2D eigenvalue weighted by atomic mass is 19.1. The van der Waals surface area contributed by atoms with Gasteiger partial charge in [0, 0.05) is 36.5 Å². The monoisotopic (exact) mass is 390 g/mol. The lowest BCUT2D eigenvalue weighted by Crippen LogP contribution is -2.16. The minimum atomic E-state index is -0.272. The number of nitrogens with one attached hydrogen (secondary N) is 1. The maximum Gasteiger partial charge on any atom is 0.226 e. The summed E-state index contributed by atoms with van der Waals surface area (Å²) in [4.78, 5) is 20.8. The Kier molecular flexibility index (Phi) is 5.01. The Hall–Kier alpha value is -3.65. The van der Waals surface area contributed by atoms with Crippen LogP contribution in [-0.2, 0) is 4.79 Å². The molecule has 0 fully saturated rings. The first-order valence-electron chi connectivity index (χ1n) is 9.13. The number of benzene rings is 1. The Morgan fingerprint density at radius 3 is 2.83 bits per heavy atom. The maximum atomic E-state index is 13.8. The third kappa shape index (κ3) is 3.70. The lowest BCUT2D eigenvalue weighted by atomic mass is 10.0. The van der Waals surface area contributed by atoms with Crippen LogP contribution in [-0.4, -0.2) is 32.0 Å². The van der Waals surface area contributed by atoms with Crippen LogP contribution in [0, 0.1) is 12.7 Å². The van der Waals surface area contributed by atoms with Crippen LogP contribution < -0.4 is 11.1 Å². The summed E-state index contributed by atoms with van der Waals surface area (Å²) in [5.41, 5.74) is 9.55. The second-order valence-electron chi connectivity index (χ2n) is 6.58. The van der Waals surface area contributed by atoms with Gasteiger partial charge in [-0.3, -0.25) is 4.79 Å². The smallest absolute Gasteiger partial charge is 0.226 e. The van der Waals surface area contributed by atoms with Gasteiger partial charge in [0.1, 0.15) is 17.3 Å². The van der Waals surface area contributed by atoms with E-state index in [0.717, 1.165) is 16.8 Å². The molecule has 146 valence electrons. The van der Waals surface area contributed by atoms with Gasteiger partial charge >= 0.3 is 0 Å². The summed E-state index contributed by atoms with van der Waals surface area (Å²) in [6, 6.07) is 12.1. The Balaban J connectivity index is 1.87. The number of aromatic nitrogens is 4. The fourth-order valence-corrected chi connectivity index (χ4v) is 3.12. The second-order valence-corrected chi connectivity index (χ2v) is 6.58. The number of fused-ring (bicyclic) bond motifs is 1. The number of pyridine rings is 1. The van der Waals surface area contributed by atoms with E-state index in [9.17, 15) is 9.18 Å². The molecule has 8 heteroatoms. The second kappa shape index (κ2) is 7.76. The molecule has 0 saturated heterocycles. The minimum absolute atomic E-state index is 0.206. The number of hydrogen-bond acceptors (Lipinski definition) is 5. The number of carbonyl (C=O) groups is 1. The summed E-state index contributed by atoms with van der Waals surface area (Å²) in [5.74, 6) is -0.0677. The van der Waals surface area contributed by atoms with Crippen LogP contribution in [0.15, 0.2) is 54.9 Å². The quantitative estimate of drug-likeness (QED) is 0.545. The van der Waals surface area contributed by atoms with Gasteiger partial charge < -0.3 is 11.1 Å². The molecule has 1 amide bonds. The fraction of sp³-hybridized carbons (Fsp3) is 0.143. The van der Waals surface area contributed by atoms with E-state index in [1.807, 2.05) is 12.1 Å². The molecule has 3 heterocycles. The standard InChI is InChI=1S/C21H19FN6O/c1-13-11-14(4-5-16(13)22)20-21(28-18(27-20)3-2-9-25-28)15-7-10-24-17(12-15)26-19(29)6-8-23/h2-5,7,9-12H,6,8,23H2,1H3,(H,24,26,29). The molecule has 4 aromatic rings. The predicted octanol–water partition coefficient (Wildman–Crippen LogP) is 3.19. The Morgan fingerprint density at radius 1 is 1.17 bits per heavy atom. The Labute approximate surface area is 166 Å². The number of rotatable bonds is 5. The molecule has 0 radical (unpaired) electrons. The van der Waals surface area contributed by atoms with E-state index in [-0.39, 0.29) is 24.7 Å². The third-order valence-corrected chi connectivity index (χ3v) is 4.50. The van der Waals surface area contributed by atoms with Crippen molar-refractivity contribution in [1.82, 2.24) is 19.6 Å². The van der Waals surface area contributed by atoms with Gasteiger partial charge in [0.05, 0.1) is 5.69 Å². The van der Waals surface area contributed by atoms with E-state index < -0.39 is 0 Å². The van der Waals surface area contributed by atoms with E-state index in [2.05, 4.69) is 15.4 Å². The number of hydrogen-bond donors (Lipinski definition) is 2. The summed E-state index contributed by atoms with van der Waals surface area (Å²) in [7, 11) is 0. The molecule has 4 rings (SSSR count). The van der Waals surface area contributed by atoms with Crippen molar-refractivity contribution in [3.63, 3.8) is 0 Å². The van der Waals surface area contributed by atoms with Crippen LogP contribution >= 0.6 is 0 Å². The van der Waals surface area contributed by atoms with Crippen LogP contribution in [0.25, 0.3) is 28.2 Å². The van der Waals surface area contributed by atoms with Crippen molar-refractivity contribution >= 4 is 17.4 Å². The first kappa shape index (κ1) is 18.7. The van der Waals surface area contributed by atoms with Crippen LogP contribution in [0.4, 0.5) is 10.2 Å². The first-order chi connectivity index (χ1) is 14.1. The SMILES string of the molecule is Cc1cc(-c2nc3cccnn3c2-c2ccnc(NC(=O)CCN)c2)ccc1F. The van der Waals surface area contributed by atoms with Crippen molar-refractivity contribution in [2.75, 3.05) is 11.9 Å². The summed E-state index contributed by atoms with van der Waals surface area (Å²) in [5, 5.41) is 7.16. The minimum Gasteiger partial charge on any atom is -0.330 e. The van der Waals surface area contributed by atoms with Crippen molar-refractivity contribution in [2.45, 2.75) is 13.3 Å². The van der Waals surface area contributed by atoms with E-state index in [1.165, 1.54) is 6.07 Å². The number of nitrogens with zero attached hydrogens (tertiary/aromatic N) is 4. The molecule has 3 N–H and O–H groups in total. The molecule has 0 unspecified atom stereocenters. The van der Waals surface area contributed by atoms with Crippen molar-refractivity contribution in [2.24, 2.45) is 5.73 Å². The molecule has 0 atom stereocenters. The molecule has 0 saturated carbocycles. The molecule has 3 aromatic heterocycles. The first-order valence-corrected chi connectivity index (χ1v) is 9.13. The van der Waals surface area contributed by atoms with Crippen LogP contribution in [0.1, 0.15) is 12.0 Å². The van der Waals surface area contributed by atoms with Gasteiger partial charge in [-0.05, 0) is 55.0 Å². The molecular formula is C21H19FN6O. The van der Waals surface area contributed by atoms with E-state index in [1.54, 1.807) is 48.1 Å². The molecule has 0 aliphatic rings. The number of amides is 1.